The Balaban J connectivity index is 2.70. The molecule has 0 spiro atoms. The van der Waals surface area contributed by atoms with Crippen molar-refractivity contribution in [2.75, 3.05) is 13.3 Å². The first-order valence-electron chi connectivity index (χ1n) is 4.64. The van der Waals surface area contributed by atoms with Crippen LogP contribution in [0.1, 0.15) is 18.1 Å². The van der Waals surface area contributed by atoms with E-state index in [1.54, 1.807) is 30.3 Å². The summed E-state index contributed by atoms with van der Waals surface area (Å²) in [7, 11) is 0. The number of hydrogen-bond acceptors (Lipinski definition) is 2. The van der Waals surface area contributed by atoms with Crippen molar-refractivity contribution in [3.8, 4) is 0 Å². The van der Waals surface area contributed by atoms with E-state index in [1.165, 1.54) is 0 Å². The number of carbonyl (C=O) groups is 1. The van der Waals surface area contributed by atoms with Crippen LogP contribution in [-0.2, 0) is 9.53 Å². The van der Waals surface area contributed by atoms with Gasteiger partial charge in [0.1, 0.15) is 6.10 Å². The summed E-state index contributed by atoms with van der Waals surface area (Å²) in [6.45, 7) is -1.80. The van der Waals surface area contributed by atoms with Crippen LogP contribution in [0.3, 0.4) is 0 Å². The number of benzene rings is 1. The number of ether oxygens (including phenoxy) is 1. The Morgan fingerprint density at radius 3 is 2.47 bits per heavy atom. The van der Waals surface area contributed by atoms with E-state index < -0.39 is 25.4 Å². The number of rotatable bonds is 5. The zero-order chi connectivity index (χ0) is 11.1. The fourth-order valence-corrected chi connectivity index (χ4v) is 1.25. The van der Waals surface area contributed by atoms with Crippen LogP contribution in [0.25, 0.3) is 0 Å². The van der Waals surface area contributed by atoms with Crippen molar-refractivity contribution in [3.05, 3.63) is 35.9 Å². The Bertz CT molecular complexity index is 301. The molecule has 2 nitrogen and oxygen atoms in total. The highest BCUT2D eigenvalue weighted by atomic mass is 19.1. The molecule has 0 aliphatic carbocycles. The Kier molecular flexibility index (Phi) is 4.74. The van der Waals surface area contributed by atoms with Gasteiger partial charge in [0, 0.05) is 6.42 Å². The van der Waals surface area contributed by atoms with Gasteiger partial charge in [0.2, 0.25) is 0 Å². The lowest BCUT2D eigenvalue weighted by atomic mass is 10.1. The lowest BCUT2D eigenvalue weighted by Crippen LogP contribution is -2.13. The summed E-state index contributed by atoms with van der Waals surface area (Å²) in [5.74, 6) is -0.961. The number of halogens is 2. The minimum atomic E-state index is -1.18. The molecule has 4 heteroatoms. The highest BCUT2D eigenvalue weighted by Crippen LogP contribution is 2.21. The van der Waals surface area contributed by atoms with Gasteiger partial charge in [-0.3, -0.25) is 4.39 Å². The molecule has 0 fully saturated rings. The Hall–Kier alpha value is -1.45. The average molecular weight is 214 g/mol. The van der Waals surface area contributed by atoms with E-state index in [-0.39, 0.29) is 6.42 Å². The molecule has 0 aliphatic rings. The summed E-state index contributed by atoms with van der Waals surface area (Å²) >= 11 is 0. The summed E-state index contributed by atoms with van der Waals surface area (Å²) in [4.78, 5) is 10.8. The molecule has 0 bridgehead atoms. The highest BCUT2D eigenvalue weighted by Gasteiger charge is 2.15. The number of esters is 1. The third-order valence-corrected chi connectivity index (χ3v) is 1.93. The zero-order valence-electron chi connectivity index (χ0n) is 8.16. The lowest BCUT2D eigenvalue weighted by molar-refractivity contribution is -0.151. The van der Waals surface area contributed by atoms with Crippen LogP contribution in [0.5, 0.6) is 0 Å². The van der Waals surface area contributed by atoms with Crippen molar-refractivity contribution in [2.24, 2.45) is 0 Å². The van der Waals surface area contributed by atoms with Crippen molar-refractivity contribution in [3.63, 3.8) is 0 Å². The quantitative estimate of drug-likeness (QED) is 0.704. The molecule has 82 valence electrons. The minimum absolute atomic E-state index is 0.0513. The molecule has 0 radical (unpaired) electrons. The maximum Gasteiger partial charge on any atom is 0.338 e. The average Bonchev–Trinajstić information content (AvgIpc) is 2.29. The minimum Gasteiger partial charge on any atom is -0.455 e. The Labute approximate surface area is 86.9 Å². The van der Waals surface area contributed by atoms with Crippen LogP contribution >= 0.6 is 0 Å². The van der Waals surface area contributed by atoms with Crippen molar-refractivity contribution < 1.29 is 18.3 Å². The van der Waals surface area contributed by atoms with Gasteiger partial charge in [0.25, 0.3) is 0 Å². The SMILES string of the molecule is O=C(CF)OC(CCF)c1ccccc1. The van der Waals surface area contributed by atoms with Crippen molar-refractivity contribution in [2.45, 2.75) is 12.5 Å². The van der Waals surface area contributed by atoms with E-state index in [1.807, 2.05) is 0 Å². The molecule has 0 amide bonds. The van der Waals surface area contributed by atoms with E-state index in [0.29, 0.717) is 5.56 Å². The van der Waals surface area contributed by atoms with Crippen LogP contribution in [0, 0.1) is 0 Å². The molecule has 1 aromatic carbocycles. The van der Waals surface area contributed by atoms with Crippen LogP contribution in [0.15, 0.2) is 30.3 Å². The molecule has 0 saturated carbocycles. The lowest BCUT2D eigenvalue weighted by Gasteiger charge is -2.15. The number of alkyl halides is 2. The molecule has 1 unspecified atom stereocenters. The van der Waals surface area contributed by atoms with Crippen LogP contribution in [-0.4, -0.2) is 19.3 Å². The van der Waals surface area contributed by atoms with Gasteiger partial charge in [-0.2, -0.15) is 0 Å². The molecule has 1 aromatic rings. The van der Waals surface area contributed by atoms with Gasteiger partial charge in [0.15, 0.2) is 6.67 Å². The maximum absolute atomic E-state index is 12.2. The first-order valence-corrected chi connectivity index (χ1v) is 4.64. The normalized spacial score (nSPS) is 12.1. The predicted octanol–water partition coefficient (Wildman–Crippen LogP) is 2.60. The third kappa shape index (κ3) is 3.65. The molecule has 0 heterocycles. The molecule has 15 heavy (non-hydrogen) atoms. The second-order valence-electron chi connectivity index (χ2n) is 3.00. The van der Waals surface area contributed by atoms with Crippen molar-refractivity contribution >= 4 is 5.97 Å². The molecule has 1 atom stereocenters. The molecular weight excluding hydrogens is 202 g/mol. The summed E-state index contributed by atoms with van der Waals surface area (Å²) in [5, 5.41) is 0. The summed E-state index contributed by atoms with van der Waals surface area (Å²) in [6.07, 6.45) is -0.644. The molecule has 0 saturated heterocycles. The smallest absolute Gasteiger partial charge is 0.338 e. The molecule has 0 aromatic heterocycles. The molecular formula is C11H12F2O2. The van der Waals surface area contributed by atoms with Gasteiger partial charge in [0.05, 0.1) is 6.67 Å². The maximum atomic E-state index is 12.2. The van der Waals surface area contributed by atoms with Gasteiger partial charge >= 0.3 is 5.97 Å². The van der Waals surface area contributed by atoms with Crippen molar-refractivity contribution in [1.82, 2.24) is 0 Å². The monoisotopic (exact) mass is 214 g/mol. The fraction of sp³-hybridized carbons (Fsp3) is 0.364. The van der Waals surface area contributed by atoms with Gasteiger partial charge in [-0.15, -0.1) is 0 Å². The second kappa shape index (κ2) is 6.11. The van der Waals surface area contributed by atoms with E-state index in [9.17, 15) is 13.6 Å². The second-order valence-corrected chi connectivity index (χ2v) is 3.00. The topological polar surface area (TPSA) is 26.3 Å². The van der Waals surface area contributed by atoms with Crippen molar-refractivity contribution in [1.29, 1.82) is 0 Å². The van der Waals surface area contributed by atoms with E-state index in [2.05, 4.69) is 0 Å². The fourth-order valence-electron chi connectivity index (χ4n) is 1.25. The van der Waals surface area contributed by atoms with E-state index in [0.717, 1.165) is 0 Å². The summed E-state index contributed by atoms with van der Waals surface area (Å²) in [6, 6.07) is 8.73. The Morgan fingerprint density at radius 1 is 1.27 bits per heavy atom. The van der Waals surface area contributed by atoms with Gasteiger partial charge in [-0.05, 0) is 5.56 Å². The zero-order valence-corrected chi connectivity index (χ0v) is 8.16. The molecule has 1 rings (SSSR count). The van der Waals surface area contributed by atoms with Crippen LogP contribution in [0.2, 0.25) is 0 Å². The number of carbonyl (C=O) groups excluding carboxylic acids is 1. The first kappa shape index (κ1) is 11.6. The number of hydrogen-bond donors (Lipinski definition) is 0. The standard InChI is InChI=1S/C11H12F2O2/c12-7-6-10(15-11(14)8-13)9-4-2-1-3-5-9/h1-5,10H,6-8H2. The Morgan fingerprint density at radius 2 is 1.93 bits per heavy atom. The van der Waals surface area contributed by atoms with Gasteiger partial charge in [-0.1, -0.05) is 30.3 Å². The van der Waals surface area contributed by atoms with Crippen LogP contribution in [0.4, 0.5) is 8.78 Å². The third-order valence-electron chi connectivity index (χ3n) is 1.93. The van der Waals surface area contributed by atoms with Crippen LogP contribution < -0.4 is 0 Å². The summed E-state index contributed by atoms with van der Waals surface area (Å²) in [5.41, 5.74) is 0.678. The molecule has 0 aliphatic heterocycles. The van der Waals surface area contributed by atoms with E-state index in [4.69, 9.17) is 4.74 Å². The van der Waals surface area contributed by atoms with E-state index >= 15 is 0 Å². The first-order chi connectivity index (χ1) is 7.27. The summed E-state index contributed by atoms with van der Waals surface area (Å²) < 4.78 is 28.9. The largest absolute Gasteiger partial charge is 0.455 e. The van der Waals surface area contributed by atoms with Gasteiger partial charge in [-0.25, -0.2) is 9.18 Å². The predicted molar refractivity (Wildman–Crippen MR) is 51.8 cm³/mol. The molecule has 0 N–H and O–H groups in total. The highest BCUT2D eigenvalue weighted by molar-refractivity contribution is 5.70. The van der Waals surface area contributed by atoms with Gasteiger partial charge < -0.3 is 4.74 Å².